The smallest absolute Gasteiger partial charge is 0.163 e. The number of anilines is 2. The van der Waals surface area contributed by atoms with E-state index in [1.165, 1.54) is 10.4 Å². The maximum absolute atomic E-state index is 5.81. The fraction of sp³-hybridized carbons (Fsp3) is 0.542. The summed E-state index contributed by atoms with van der Waals surface area (Å²) in [6, 6.07) is 4.23. The number of nitrogens with two attached hydrogens (primary N) is 1. The van der Waals surface area contributed by atoms with E-state index in [4.69, 9.17) is 20.4 Å². The summed E-state index contributed by atoms with van der Waals surface area (Å²) in [5.41, 5.74) is 8.89. The Balaban J connectivity index is 1.56. The van der Waals surface area contributed by atoms with Gasteiger partial charge < -0.3 is 25.6 Å². The number of pyridine rings is 1. The lowest BCUT2D eigenvalue weighted by Gasteiger charge is -2.32. The number of piperidine rings is 1. The standard InChI is InChI=1S/C24H34N8OS/c1-15-19-21(34-20(15)23(26-2)28-17-6-8-31(3)9-7-17)24(32-10-12-33-13-11-32)30-22(29-19)16-4-5-18(25)27-14-16/h4-5,14,17,23,26,28H,6-13H2,1-3H3,(H2,25,27). The van der Waals surface area contributed by atoms with Crippen LogP contribution in [0.5, 0.6) is 0 Å². The van der Waals surface area contributed by atoms with E-state index >= 15 is 0 Å². The highest BCUT2D eigenvalue weighted by Gasteiger charge is 2.27. The number of morpholine rings is 1. The highest BCUT2D eigenvalue weighted by Crippen LogP contribution is 2.39. The highest BCUT2D eigenvalue weighted by atomic mass is 32.1. The van der Waals surface area contributed by atoms with Gasteiger partial charge in [-0.25, -0.2) is 15.0 Å². The lowest BCUT2D eigenvalue weighted by molar-refractivity contribution is 0.122. The predicted octanol–water partition coefficient (Wildman–Crippen LogP) is 2.38. The van der Waals surface area contributed by atoms with E-state index in [9.17, 15) is 0 Å². The Morgan fingerprint density at radius 1 is 1.15 bits per heavy atom. The van der Waals surface area contributed by atoms with Gasteiger partial charge in [0.15, 0.2) is 11.6 Å². The van der Waals surface area contributed by atoms with Crippen LogP contribution < -0.4 is 21.3 Å². The molecular weight excluding hydrogens is 448 g/mol. The van der Waals surface area contributed by atoms with Gasteiger partial charge in [0.25, 0.3) is 0 Å². The topological polar surface area (TPSA) is 104 Å². The van der Waals surface area contributed by atoms with Gasteiger partial charge in [-0.2, -0.15) is 0 Å². The Hall–Kier alpha value is -2.37. The summed E-state index contributed by atoms with van der Waals surface area (Å²) in [6.07, 6.45) is 4.14. The van der Waals surface area contributed by atoms with Crippen LogP contribution in [0, 0.1) is 6.92 Å². The molecule has 0 saturated carbocycles. The van der Waals surface area contributed by atoms with Gasteiger partial charge in [0.1, 0.15) is 5.82 Å². The first-order chi connectivity index (χ1) is 16.5. The molecule has 182 valence electrons. The monoisotopic (exact) mass is 482 g/mol. The average Bonchev–Trinajstić information content (AvgIpc) is 3.20. The molecule has 4 N–H and O–H groups in total. The molecule has 0 amide bonds. The van der Waals surface area contributed by atoms with Crippen molar-refractivity contribution < 1.29 is 4.74 Å². The first-order valence-electron chi connectivity index (χ1n) is 12.0. The van der Waals surface area contributed by atoms with E-state index < -0.39 is 0 Å². The normalized spacial score (nSPS) is 19.1. The molecule has 2 aliphatic rings. The van der Waals surface area contributed by atoms with Crippen LogP contribution in [0.4, 0.5) is 11.6 Å². The van der Waals surface area contributed by atoms with Gasteiger partial charge in [-0.3, -0.25) is 5.32 Å². The fourth-order valence-electron chi connectivity index (χ4n) is 4.72. The number of fused-ring (bicyclic) bond motifs is 1. The van der Waals surface area contributed by atoms with E-state index in [-0.39, 0.29) is 6.17 Å². The van der Waals surface area contributed by atoms with Gasteiger partial charge in [0.2, 0.25) is 0 Å². The molecule has 2 fully saturated rings. The lowest BCUT2D eigenvalue weighted by Crippen LogP contribution is -2.45. The van der Waals surface area contributed by atoms with Crippen LogP contribution in [-0.2, 0) is 4.74 Å². The minimum absolute atomic E-state index is 0.0757. The van der Waals surface area contributed by atoms with Crippen molar-refractivity contribution >= 4 is 33.2 Å². The number of ether oxygens (including phenoxy) is 1. The molecule has 3 aromatic heterocycles. The Morgan fingerprint density at radius 3 is 2.59 bits per heavy atom. The second-order valence-electron chi connectivity index (χ2n) is 9.18. The number of hydrogen-bond acceptors (Lipinski definition) is 10. The van der Waals surface area contributed by atoms with Crippen LogP contribution in [0.25, 0.3) is 21.6 Å². The van der Waals surface area contributed by atoms with Crippen molar-refractivity contribution in [3.63, 3.8) is 0 Å². The predicted molar refractivity (Wildman–Crippen MR) is 138 cm³/mol. The number of aromatic nitrogens is 3. The molecule has 0 aliphatic carbocycles. The molecule has 0 radical (unpaired) electrons. The molecule has 10 heteroatoms. The van der Waals surface area contributed by atoms with Gasteiger partial charge in [-0.15, -0.1) is 11.3 Å². The largest absolute Gasteiger partial charge is 0.384 e. The van der Waals surface area contributed by atoms with Crippen LogP contribution in [0.3, 0.4) is 0 Å². The SMILES string of the molecule is CNC(NC1CCN(C)CC1)c1sc2c(N3CCOCC3)nc(-c3ccc(N)nc3)nc2c1C. The quantitative estimate of drug-likeness (QED) is 0.457. The minimum atomic E-state index is 0.0757. The van der Waals surface area contributed by atoms with Gasteiger partial charge in [-0.05, 0) is 64.6 Å². The number of thiophene rings is 1. The molecule has 2 saturated heterocycles. The summed E-state index contributed by atoms with van der Waals surface area (Å²) in [7, 11) is 4.22. The van der Waals surface area contributed by atoms with Crippen LogP contribution >= 0.6 is 11.3 Å². The number of nitrogens with zero attached hydrogens (tertiary/aromatic N) is 5. The van der Waals surface area contributed by atoms with Crippen molar-refractivity contribution in [1.29, 1.82) is 0 Å². The summed E-state index contributed by atoms with van der Waals surface area (Å²) in [4.78, 5) is 20.3. The van der Waals surface area contributed by atoms with E-state index in [2.05, 4.69) is 39.4 Å². The molecule has 3 aromatic rings. The van der Waals surface area contributed by atoms with Gasteiger partial charge >= 0.3 is 0 Å². The van der Waals surface area contributed by atoms with Crippen LogP contribution in [0.2, 0.25) is 0 Å². The van der Waals surface area contributed by atoms with Crippen molar-refractivity contribution in [1.82, 2.24) is 30.5 Å². The first-order valence-corrected chi connectivity index (χ1v) is 12.8. The van der Waals surface area contributed by atoms with Crippen LogP contribution in [0.1, 0.15) is 29.4 Å². The zero-order valence-corrected chi connectivity index (χ0v) is 21.0. The number of rotatable bonds is 6. The Kier molecular flexibility index (Phi) is 6.94. The number of nitrogens with one attached hydrogen (secondary N) is 2. The summed E-state index contributed by atoms with van der Waals surface area (Å²) < 4.78 is 6.74. The lowest BCUT2D eigenvalue weighted by atomic mass is 10.0. The summed E-state index contributed by atoms with van der Waals surface area (Å²) in [6.45, 7) is 7.49. The molecule has 2 aliphatic heterocycles. The third kappa shape index (κ3) is 4.73. The molecule has 5 rings (SSSR count). The number of aryl methyl sites for hydroxylation is 1. The van der Waals surface area contributed by atoms with Crippen LogP contribution in [-0.4, -0.2) is 79.4 Å². The van der Waals surface area contributed by atoms with Crippen molar-refractivity contribution in [3.05, 3.63) is 28.8 Å². The third-order valence-corrected chi connectivity index (χ3v) is 8.15. The number of likely N-dealkylation sites (tertiary alicyclic amines) is 1. The van der Waals surface area contributed by atoms with Gasteiger partial charge in [-0.1, -0.05) is 0 Å². The first kappa shape index (κ1) is 23.4. The number of nitrogen functional groups attached to an aromatic ring is 1. The zero-order chi connectivity index (χ0) is 23.7. The molecule has 0 bridgehead atoms. The van der Waals surface area contributed by atoms with Crippen molar-refractivity contribution in [2.75, 3.05) is 64.1 Å². The molecule has 9 nitrogen and oxygen atoms in total. The van der Waals surface area contributed by atoms with E-state index in [1.54, 1.807) is 23.6 Å². The number of hydrogen-bond donors (Lipinski definition) is 3. The maximum Gasteiger partial charge on any atom is 0.163 e. The second-order valence-corrected chi connectivity index (χ2v) is 10.2. The molecule has 1 unspecified atom stereocenters. The minimum Gasteiger partial charge on any atom is -0.384 e. The summed E-state index contributed by atoms with van der Waals surface area (Å²) in [5.74, 6) is 2.15. The van der Waals surface area contributed by atoms with E-state index in [1.807, 2.05) is 13.1 Å². The summed E-state index contributed by atoms with van der Waals surface area (Å²) >= 11 is 1.79. The highest BCUT2D eigenvalue weighted by molar-refractivity contribution is 7.19. The van der Waals surface area contributed by atoms with Gasteiger partial charge in [0, 0.05) is 35.8 Å². The molecule has 34 heavy (non-hydrogen) atoms. The Bertz CT molecular complexity index is 1120. The van der Waals surface area contributed by atoms with Crippen LogP contribution in [0.15, 0.2) is 18.3 Å². The third-order valence-electron chi connectivity index (χ3n) is 6.81. The van der Waals surface area contributed by atoms with Crippen molar-refractivity contribution in [2.45, 2.75) is 32.0 Å². The molecule has 0 spiro atoms. The van der Waals surface area contributed by atoms with E-state index in [0.717, 1.165) is 60.6 Å². The van der Waals surface area contributed by atoms with Crippen molar-refractivity contribution in [2.24, 2.45) is 0 Å². The molecular formula is C24H34N8OS. The second kappa shape index (κ2) is 10.1. The Morgan fingerprint density at radius 2 is 1.91 bits per heavy atom. The maximum atomic E-state index is 5.81. The fourth-order valence-corrected chi connectivity index (χ4v) is 6.06. The molecule has 1 atom stereocenters. The molecule has 0 aromatic carbocycles. The summed E-state index contributed by atoms with van der Waals surface area (Å²) in [5, 5.41) is 7.37. The molecule has 5 heterocycles. The average molecular weight is 483 g/mol. The Labute approximate surface area is 204 Å². The zero-order valence-electron chi connectivity index (χ0n) is 20.2. The van der Waals surface area contributed by atoms with Gasteiger partial charge in [0.05, 0.1) is 29.6 Å². The van der Waals surface area contributed by atoms with E-state index in [0.29, 0.717) is 30.9 Å². The van der Waals surface area contributed by atoms with Crippen molar-refractivity contribution in [3.8, 4) is 11.4 Å².